The Balaban J connectivity index is 1.65. The Bertz CT molecular complexity index is 892. The van der Waals surface area contributed by atoms with Crippen molar-refractivity contribution in [2.75, 3.05) is 5.32 Å². The number of aromatic nitrogens is 1. The van der Waals surface area contributed by atoms with Crippen molar-refractivity contribution in [1.29, 1.82) is 0 Å². The van der Waals surface area contributed by atoms with Crippen molar-refractivity contribution >= 4 is 42.4 Å². The van der Waals surface area contributed by atoms with Crippen LogP contribution in [-0.2, 0) is 6.54 Å². The second kappa shape index (κ2) is 5.28. The first kappa shape index (κ1) is 12.5. The van der Waals surface area contributed by atoms with Crippen molar-refractivity contribution in [2.45, 2.75) is 6.54 Å². The van der Waals surface area contributed by atoms with E-state index >= 15 is 0 Å². The van der Waals surface area contributed by atoms with E-state index < -0.39 is 0 Å². The van der Waals surface area contributed by atoms with Gasteiger partial charge >= 0.3 is 128 Å². The van der Waals surface area contributed by atoms with Gasteiger partial charge < -0.3 is 0 Å². The molecule has 0 saturated carbocycles. The van der Waals surface area contributed by atoms with Gasteiger partial charge in [-0.05, 0) is 0 Å². The Labute approximate surface area is 128 Å². The molecule has 2 aromatic carbocycles. The average Bonchev–Trinajstić information content (AvgIpc) is 3.02. The Morgan fingerprint density at radius 2 is 1.90 bits per heavy atom. The molecule has 0 aliphatic carbocycles. The van der Waals surface area contributed by atoms with Crippen molar-refractivity contribution in [3.8, 4) is 0 Å². The minimum atomic E-state index is 0.00111. The second-order valence-electron chi connectivity index (χ2n) is 4.81. The third-order valence-electron chi connectivity index (χ3n) is 3.51. The maximum absolute atomic E-state index is 4.49. The number of nitrogens with one attached hydrogen (secondary N) is 1. The van der Waals surface area contributed by atoms with Gasteiger partial charge in [0.1, 0.15) is 0 Å². The number of anilines is 1. The van der Waals surface area contributed by atoms with E-state index in [2.05, 4.69) is 42.5 Å². The van der Waals surface area contributed by atoms with E-state index in [-0.39, 0.29) is 14.6 Å². The molecule has 102 valence electrons. The molecular weight excluding hydrogens is 327 g/mol. The fourth-order valence-electron chi connectivity index (χ4n) is 2.46. The third-order valence-corrected chi connectivity index (χ3v) is 4.64. The van der Waals surface area contributed by atoms with Gasteiger partial charge in [-0.15, -0.1) is 0 Å². The van der Waals surface area contributed by atoms with Gasteiger partial charge in [0.2, 0.25) is 0 Å². The molecule has 4 rings (SSSR count). The monoisotopic (exact) mass is 340 g/mol. The second-order valence-corrected chi connectivity index (χ2v) is 5.92. The van der Waals surface area contributed by atoms with Crippen LogP contribution in [0.5, 0.6) is 0 Å². The summed E-state index contributed by atoms with van der Waals surface area (Å²) in [4.78, 5) is 4.32. The van der Waals surface area contributed by atoms with Gasteiger partial charge in [-0.2, -0.15) is 0 Å². The van der Waals surface area contributed by atoms with Gasteiger partial charge in [0.25, 0.3) is 0 Å². The first-order chi connectivity index (χ1) is 10.4. The summed E-state index contributed by atoms with van der Waals surface area (Å²) in [6.45, 7) is 0.729. The van der Waals surface area contributed by atoms with Gasteiger partial charge in [0, 0.05) is 0 Å². The summed E-state index contributed by atoms with van der Waals surface area (Å²) < 4.78 is 8.90. The van der Waals surface area contributed by atoms with Crippen molar-refractivity contribution < 1.29 is 0 Å². The van der Waals surface area contributed by atoms with Gasteiger partial charge in [-0.1, -0.05) is 0 Å². The SMILES string of the molecule is c1cc2c(c(NCc3cncc4ccccc34)c1)N=[Se]=N2. The van der Waals surface area contributed by atoms with E-state index in [1.54, 1.807) is 0 Å². The van der Waals surface area contributed by atoms with E-state index in [9.17, 15) is 0 Å². The zero-order chi connectivity index (χ0) is 14.1. The van der Waals surface area contributed by atoms with E-state index in [0.717, 1.165) is 29.0 Å². The molecule has 1 aromatic heterocycles. The number of fused-ring (bicyclic) bond motifs is 2. The van der Waals surface area contributed by atoms with Crippen LogP contribution in [0.2, 0.25) is 0 Å². The zero-order valence-corrected chi connectivity index (χ0v) is 12.9. The van der Waals surface area contributed by atoms with Gasteiger partial charge in [-0.25, -0.2) is 0 Å². The molecule has 0 radical (unpaired) electrons. The number of rotatable bonds is 3. The van der Waals surface area contributed by atoms with E-state index in [1.165, 1.54) is 10.9 Å². The summed E-state index contributed by atoms with van der Waals surface area (Å²) in [6, 6.07) is 14.4. The van der Waals surface area contributed by atoms with Gasteiger partial charge in [0.05, 0.1) is 0 Å². The molecule has 2 heterocycles. The van der Waals surface area contributed by atoms with Crippen molar-refractivity contribution in [3.05, 3.63) is 60.4 Å². The Kier molecular flexibility index (Phi) is 3.14. The fraction of sp³-hybridized carbons (Fsp3) is 0.0625. The van der Waals surface area contributed by atoms with Crippen LogP contribution >= 0.6 is 0 Å². The molecular formula is C16H12N4Se. The molecule has 0 amide bonds. The molecule has 1 N–H and O–H groups in total. The van der Waals surface area contributed by atoms with Crippen molar-refractivity contribution in [2.24, 2.45) is 7.92 Å². The molecule has 0 spiro atoms. The number of hydrogen-bond donors (Lipinski definition) is 1. The van der Waals surface area contributed by atoms with Crippen molar-refractivity contribution in [1.82, 2.24) is 4.98 Å². The molecule has 4 nitrogen and oxygen atoms in total. The number of hydrogen-bond acceptors (Lipinski definition) is 4. The topological polar surface area (TPSA) is 49.6 Å². The third kappa shape index (κ3) is 2.31. The van der Waals surface area contributed by atoms with Crippen LogP contribution in [0.4, 0.5) is 17.1 Å². The van der Waals surface area contributed by atoms with Crippen LogP contribution in [0.25, 0.3) is 10.8 Å². The summed E-state index contributed by atoms with van der Waals surface area (Å²) in [5, 5.41) is 5.87. The minimum absolute atomic E-state index is 0.00111. The van der Waals surface area contributed by atoms with E-state index in [1.807, 2.05) is 30.6 Å². The Hall–Kier alpha value is -2.23. The van der Waals surface area contributed by atoms with Crippen molar-refractivity contribution in [3.63, 3.8) is 0 Å². The van der Waals surface area contributed by atoms with E-state index in [0.29, 0.717) is 0 Å². The quantitative estimate of drug-likeness (QED) is 0.569. The van der Waals surface area contributed by atoms with E-state index in [4.69, 9.17) is 0 Å². The molecule has 0 saturated heterocycles. The predicted octanol–water partition coefficient (Wildman–Crippen LogP) is 4.19. The van der Waals surface area contributed by atoms with Crippen LogP contribution in [-0.4, -0.2) is 19.6 Å². The molecule has 5 heteroatoms. The van der Waals surface area contributed by atoms with Crippen LogP contribution in [0, 0.1) is 0 Å². The van der Waals surface area contributed by atoms with Crippen LogP contribution in [0.15, 0.2) is 62.8 Å². The molecule has 0 fully saturated rings. The van der Waals surface area contributed by atoms with Crippen LogP contribution in [0.3, 0.4) is 0 Å². The maximum atomic E-state index is 4.49. The fourth-order valence-corrected chi connectivity index (χ4v) is 3.61. The average molecular weight is 339 g/mol. The normalized spacial score (nSPS) is 12.2. The zero-order valence-electron chi connectivity index (χ0n) is 11.2. The molecule has 3 aromatic rings. The van der Waals surface area contributed by atoms with Gasteiger partial charge in [-0.3, -0.25) is 0 Å². The molecule has 0 atom stereocenters. The summed E-state index contributed by atoms with van der Waals surface area (Å²) in [6.07, 6.45) is 3.82. The summed E-state index contributed by atoms with van der Waals surface area (Å²) >= 11 is 0.00111. The summed E-state index contributed by atoms with van der Waals surface area (Å²) in [5.41, 5.74) is 4.22. The van der Waals surface area contributed by atoms with Gasteiger partial charge in [0.15, 0.2) is 0 Å². The van der Waals surface area contributed by atoms with Crippen LogP contribution in [0.1, 0.15) is 5.56 Å². The summed E-state index contributed by atoms with van der Waals surface area (Å²) in [7, 11) is 0. The van der Waals surface area contributed by atoms with Crippen LogP contribution < -0.4 is 5.32 Å². The first-order valence-electron chi connectivity index (χ1n) is 6.68. The number of nitrogens with zero attached hydrogens (tertiary/aromatic N) is 3. The molecule has 21 heavy (non-hydrogen) atoms. The number of benzene rings is 2. The summed E-state index contributed by atoms with van der Waals surface area (Å²) in [5.74, 6) is 0. The number of pyridine rings is 1. The Morgan fingerprint density at radius 3 is 2.90 bits per heavy atom. The predicted molar refractivity (Wildman–Crippen MR) is 85.4 cm³/mol. The standard InChI is InChI=1S/C16H12N4Se/c1-2-5-13-11(4-1)8-17-9-12(13)10-18-14-6-3-7-15-16(14)20-21-19-15/h1-9,18H,10H2. The Morgan fingerprint density at radius 1 is 0.952 bits per heavy atom. The molecule has 1 aliphatic heterocycles. The molecule has 0 bridgehead atoms. The molecule has 1 aliphatic rings. The molecule has 0 unspecified atom stereocenters. The first-order valence-corrected chi connectivity index (χ1v) is 8.22.